The number of anilines is 3. The maximum absolute atomic E-state index is 14.2. The van der Waals surface area contributed by atoms with Gasteiger partial charge in [-0.25, -0.2) is 18.7 Å². The third-order valence-corrected chi connectivity index (χ3v) is 7.51. The Balaban J connectivity index is 1.54. The molecule has 2 aromatic rings. The number of fused-ring (bicyclic) bond motifs is 2. The van der Waals surface area contributed by atoms with E-state index in [2.05, 4.69) is 15.3 Å². The van der Waals surface area contributed by atoms with Gasteiger partial charge in [-0.1, -0.05) is 12.8 Å². The van der Waals surface area contributed by atoms with Crippen LogP contribution in [-0.2, 0) is 21.6 Å². The number of rotatable bonds is 5. The fourth-order valence-electron chi connectivity index (χ4n) is 5.83. The normalized spacial score (nSPS) is 20.3. The van der Waals surface area contributed by atoms with Gasteiger partial charge in [0, 0.05) is 18.7 Å². The Labute approximate surface area is 222 Å². The molecule has 0 unspecified atom stereocenters. The van der Waals surface area contributed by atoms with Crippen LogP contribution in [0.1, 0.15) is 63.8 Å². The Morgan fingerprint density at radius 2 is 1.90 bits per heavy atom. The Morgan fingerprint density at radius 1 is 1.18 bits per heavy atom. The molecule has 1 aromatic carbocycles. The van der Waals surface area contributed by atoms with E-state index < -0.39 is 41.9 Å². The lowest BCUT2D eigenvalue weighted by atomic mass is 9.80. The summed E-state index contributed by atoms with van der Waals surface area (Å²) in [5.41, 5.74) is -0.291. The van der Waals surface area contributed by atoms with E-state index >= 15 is 0 Å². The second-order valence-corrected chi connectivity index (χ2v) is 10.5. The van der Waals surface area contributed by atoms with E-state index in [9.17, 15) is 26.7 Å². The molecule has 1 aromatic heterocycles. The van der Waals surface area contributed by atoms with Crippen molar-refractivity contribution in [2.45, 2.75) is 82.7 Å². The van der Waals surface area contributed by atoms with Crippen molar-refractivity contribution in [3.05, 3.63) is 41.2 Å². The van der Waals surface area contributed by atoms with Crippen molar-refractivity contribution in [1.29, 1.82) is 5.41 Å². The predicted molar refractivity (Wildman–Crippen MR) is 133 cm³/mol. The summed E-state index contributed by atoms with van der Waals surface area (Å²) in [6.45, 7) is 3.38. The number of carbonyl (C=O) groups excluding carboxylic acids is 1. The zero-order valence-electron chi connectivity index (χ0n) is 21.5. The van der Waals surface area contributed by atoms with E-state index in [0.717, 1.165) is 29.9 Å². The minimum atomic E-state index is -4.49. The van der Waals surface area contributed by atoms with Gasteiger partial charge in [-0.2, -0.15) is 13.2 Å². The predicted octanol–water partition coefficient (Wildman–Crippen LogP) is 5.54. The molecule has 0 bridgehead atoms. The first-order valence-corrected chi connectivity index (χ1v) is 12.9. The van der Waals surface area contributed by atoms with Crippen LogP contribution in [0, 0.1) is 17.0 Å². The van der Waals surface area contributed by atoms with E-state index in [1.54, 1.807) is 0 Å². The number of benzene rings is 1. The van der Waals surface area contributed by atoms with Gasteiger partial charge in [0.15, 0.2) is 24.1 Å². The minimum Gasteiger partial charge on any atom is -0.457 e. The summed E-state index contributed by atoms with van der Waals surface area (Å²) >= 11 is 0. The van der Waals surface area contributed by atoms with Crippen LogP contribution in [0.2, 0.25) is 0 Å². The number of carbonyl (C=O) groups is 1. The van der Waals surface area contributed by atoms with Crippen LogP contribution in [0.3, 0.4) is 0 Å². The molecular formula is C26H29F5N6O2. The first-order valence-electron chi connectivity index (χ1n) is 12.9. The van der Waals surface area contributed by atoms with E-state index in [1.165, 1.54) is 11.0 Å². The van der Waals surface area contributed by atoms with E-state index in [4.69, 9.17) is 10.1 Å². The largest absolute Gasteiger partial charge is 0.457 e. The summed E-state index contributed by atoms with van der Waals surface area (Å²) in [4.78, 5) is 25.2. The van der Waals surface area contributed by atoms with Crippen molar-refractivity contribution in [2.75, 3.05) is 16.8 Å². The highest BCUT2D eigenvalue weighted by atomic mass is 19.4. The molecule has 0 radical (unpaired) electrons. The summed E-state index contributed by atoms with van der Waals surface area (Å²) in [5.74, 6) is -1.92. The molecule has 1 amide bonds. The van der Waals surface area contributed by atoms with Crippen molar-refractivity contribution in [2.24, 2.45) is 0 Å². The fraction of sp³-hybridized carbons (Fsp3) is 0.538. The van der Waals surface area contributed by atoms with Gasteiger partial charge < -0.3 is 15.0 Å². The topological polar surface area (TPSA) is 94.4 Å². The smallest absolute Gasteiger partial charge is 0.408 e. The van der Waals surface area contributed by atoms with Crippen LogP contribution in [0.5, 0.6) is 0 Å². The van der Waals surface area contributed by atoms with Crippen molar-refractivity contribution in [3.63, 3.8) is 0 Å². The molecule has 2 N–H and O–H groups in total. The Bertz CT molecular complexity index is 1290. The number of aromatic nitrogens is 2. The average molecular weight is 553 g/mol. The highest BCUT2D eigenvalue weighted by Gasteiger charge is 2.56. The monoisotopic (exact) mass is 552 g/mol. The highest BCUT2D eigenvalue weighted by Crippen LogP contribution is 2.55. The number of amidine groups is 1. The standard InChI is InChI=1S/C26H29F5N6O2/c1-14(2)33-21-20-22(35-19(34-21)13-39-24(32)36-11-5-6-18(36)26(29,30)31)37(15-7-8-16(27)17(28)12-15)23(38)25(20)9-3-4-10-25/h7-8,12,14,18,32H,3-6,9-11,13H2,1-2H3,(H,33,34,35)/t18-/m1/s1. The third kappa shape index (κ3) is 4.76. The van der Waals surface area contributed by atoms with E-state index in [-0.39, 0.29) is 48.7 Å². The molecule has 2 aliphatic heterocycles. The SMILES string of the molecule is CC(C)Nc1nc(COC(=N)N2CCC[C@@H]2C(F)(F)F)nc2c1C1(CCCC1)C(=O)N2c1ccc(F)c(F)c1. The summed E-state index contributed by atoms with van der Waals surface area (Å²) in [6.07, 6.45) is -1.70. The number of alkyl halides is 3. The van der Waals surface area contributed by atoms with Crippen LogP contribution in [0.4, 0.5) is 39.3 Å². The molecule has 1 saturated heterocycles. The molecule has 8 nitrogen and oxygen atoms in total. The highest BCUT2D eigenvalue weighted by molar-refractivity contribution is 6.13. The first kappa shape index (κ1) is 27.1. The number of hydrogen-bond donors (Lipinski definition) is 2. The Kier molecular flexibility index (Phi) is 6.88. The van der Waals surface area contributed by atoms with Crippen molar-refractivity contribution in [3.8, 4) is 0 Å². The number of likely N-dealkylation sites (tertiary alicyclic amines) is 1. The Hall–Kier alpha value is -3.51. The number of amides is 1. The lowest BCUT2D eigenvalue weighted by Crippen LogP contribution is -2.45. The van der Waals surface area contributed by atoms with Gasteiger partial charge in [0.2, 0.25) is 5.91 Å². The minimum absolute atomic E-state index is 0.0276. The van der Waals surface area contributed by atoms with Crippen LogP contribution in [0.15, 0.2) is 18.2 Å². The van der Waals surface area contributed by atoms with E-state index in [0.29, 0.717) is 24.2 Å². The lowest BCUT2D eigenvalue weighted by molar-refractivity contribution is -0.169. The van der Waals surface area contributed by atoms with Crippen molar-refractivity contribution < 1.29 is 31.5 Å². The molecule has 3 aliphatic rings. The van der Waals surface area contributed by atoms with Crippen molar-refractivity contribution in [1.82, 2.24) is 14.9 Å². The molecule has 39 heavy (non-hydrogen) atoms. The molecular weight excluding hydrogens is 523 g/mol. The first-order chi connectivity index (χ1) is 18.4. The molecule has 1 spiro atoms. The van der Waals surface area contributed by atoms with E-state index in [1.807, 2.05) is 13.8 Å². The zero-order chi connectivity index (χ0) is 28.1. The number of halogens is 5. The molecule has 1 atom stereocenters. The number of hydrogen-bond acceptors (Lipinski definition) is 6. The molecule has 5 rings (SSSR count). The number of nitrogens with one attached hydrogen (secondary N) is 2. The molecule has 3 heterocycles. The van der Waals surface area contributed by atoms with Gasteiger partial charge in [-0.15, -0.1) is 0 Å². The van der Waals surface area contributed by atoms with Gasteiger partial charge in [-0.3, -0.25) is 15.1 Å². The Morgan fingerprint density at radius 3 is 2.54 bits per heavy atom. The van der Waals surface area contributed by atoms with Gasteiger partial charge >= 0.3 is 6.18 Å². The fourth-order valence-corrected chi connectivity index (χ4v) is 5.83. The van der Waals surface area contributed by atoms with Crippen LogP contribution in [0.25, 0.3) is 0 Å². The summed E-state index contributed by atoms with van der Waals surface area (Å²) < 4.78 is 73.5. The van der Waals surface area contributed by atoms with Gasteiger partial charge in [0.25, 0.3) is 6.02 Å². The molecule has 2 fully saturated rings. The van der Waals surface area contributed by atoms with Gasteiger partial charge in [-0.05, 0) is 51.7 Å². The average Bonchev–Trinajstić information content (AvgIpc) is 3.59. The molecule has 1 aliphatic carbocycles. The van der Waals surface area contributed by atoms with Crippen molar-refractivity contribution >= 4 is 29.3 Å². The zero-order valence-corrected chi connectivity index (χ0v) is 21.5. The number of nitrogens with zero attached hydrogens (tertiary/aromatic N) is 4. The van der Waals surface area contributed by atoms with Gasteiger partial charge in [0.05, 0.1) is 16.7 Å². The third-order valence-electron chi connectivity index (χ3n) is 7.51. The maximum Gasteiger partial charge on any atom is 0.408 e. The lowest BCUT2D eigenvalue weighted by Gasteiger charge is -2.27. The summed E-state index contributed by atoms with van der Waals surface area (Å²) in [5, 5.41) is 11.4. The maximum atomic E-state index is 14.2. The second-order valence-electron chi connectivity index (χ2n) is 10.5. The summed E-state index contributed by atoms with van der Waals surface area (Å²) in [6, 6.07) is 0.621. The van der Waals surface area contributed by atoms with Crippen LogP contribution in [-0.4, -0.2) is 51.6 Å². The molecule has 1 saturated carbocycles. The molecule has 210 valence electrons. The van der Waals surface area contributed by atoms with Gasteiger partial charge in [0.1, 0.15) is 17.7 Å². The summed E-state index contributed by atoms with van der Waals surface area (Å²) in [7, 11) is 0. The van der Waals surface area contributed by atoms with Crippen LogP contribution < -0.4 is 10.2 Å². The number of ether oxygens (including phenoxy) is 1. The van der Waals surface area contributed by atoms with Crippen LogP contribution >= 0.6 is 0 Å². The quantitative estimate of drug-likeness (QED) is 0.287. The second kappa shape index (κ2) is 9.91. The molecule has 13 heteroatoms.